The van der Waals surface area contributed by atoms with Gasteiger partial charge in [0.25, 0.3) is 0 Å². The summed E-state index contributed by atoms with van der Waals surface area (Å²) in [7, 11) is 1.52. The van der Waals surface area contributed by atoms with Crippen LogP contribution in [0.15, 0.2) is 16.6 Å². The maximum absolute atomic E-state index is 13.6. The normalized spacial score (nSPS) is 20.3. The van der Waals surface area contributed by atoms with Crippen molar-refractivity contribution in [2.24, 2.45) is 0 Å². The van der Waals surface area contributed by atoms with Gasteiger partial charge in [0.15, 0.2) is 11.6 Å². The number of piperidine rings is 1. The molecule has 0 spiro atoms. The number of ether oxygens (including phenoxy) is 1. The molecule has 1 N–H and O–H groups in total. The molecule has 1 heterocycles. The van der Waals surface area contributed by atoms with Gasteiger partial charge < -0.3 is 10.1 Å². The van der Waals surface area contributed by atoms with E-state index in [9.17, 15) is 4.39 Å². The Morgan fingerprint density at radius 3 is 2.94 bits per heavy atom. The van der Waals surface area contributed by atoms with Crippen LogP contribution in [-0.4, -0.2) is 19.7 Å². The van der Waals surface area contributed by atoms with E-state index in [1.807, 2.05) is 0 Å². The highest BCUT2D eigenvalue weighted by molar-refractivity contribution is 9.10. The van der Waals surface area contributed by atoms with Crippen LogP contribution in [0.5, 0.6) is 5.75 Å². The molecule has 1 saturated heterocycles. The molecule has 0 bridgehead atoms. The van der Waals surface area contributed by atoms with Gasteiger partial charge in [-0.1, -0.05) is 22.4 Å². The molecule has 0 saturated carbocycles. The summed E-state index contributed by atoms with van der Waals surface area (Å²) in [6, 6.07) is 3.60. The van der Waals surface area contributed by atoms with Crippen LogP contribution in [0.4, 0.5) is 4.39 Å². The molecule has 1 aliphatic heterocycles. The molecule has 94 valence electrons. The topological polar surface area (TPSA) is 21.3 Å². The van der Waals surface area contributed by atoms with E-state index in [0.717, 1.165) is 29.4 Å². The van der Waals surface area contributed by atoms with Crippen LogP contribution in [0, 0.1) is 5.82 Å². The molecule has 0 aliphatic carbocycles. The quantitative estimate of drug-likeness (QED) is 0.925. The van der Waals surface area contributed by atoms with Crippen molar-refractivity contribution in [1.29, 1.82) is 0 Å². The van der Waals surface area contributed by atoms with E-state index in [0.29, 0.717) is 11.8 Å². The molecule has 17 heavy (non-hydrogen) atoms. The fraction of sp³-hybridized carbons (Fsp3) is 0.538. The smallest absolute Gasteiger partial charge is 0.165 e. The maximum Gasteiger partial charge on any atom is 0.165 e. The van der Waals surface area contributed by atoms with Crippen LogP contribution in [0.3, 0.4) is 0 Å². The van der Waals surface area contributed by atoms with E-state index < -0.39 is 0 Å². The van der Waals surface area contributed by atoms with Crippen LogP contribution in [0.25, 0.3) is 0 Å². The first-order valence-corrected chi connectivity index (χ1v) is 6.76. The Balaban J connectivity index is 2.21. The van der Waals surface area contributed by atoms with Crippen LogP contribution in [0.1, 0.15) is 24.8 Å². The number of rotatable bonds is 3. The Hall–Kier alpha value is -0.610. The average Bonchev–Trinajstić information content (AvgIpc) is 2.35. The Morgan fingerprint density at radius 1 is 1.47 bits per heavy atom. The van der Waals surface area contributed by atoms with Crippen molar-refractivity contribution in [3.8, 4) is 5.75 Å². The zero-order valence-electron chi connectivity index (χ0n) is 9.93. The lowest BCUT2D eigenvalue weighted by Crippen LogP contribution is -2.35. The van der Waals surface area contributed by atoms with Gasteiger partial charge >= 0.3 is 0 Å². The van der Waals surface area contributed by atoms with Crippen LogP contribution in [-0.2, 0) is 6.42 Å². The standard InChI is InChI=1S/C13H17BrFNO/c1-17-13-10(11(14)5-6-12(13)15)8-9-4-2-3-7-16-9/h5-6,9,16H,2-4,7-8H2,1H3. The van der Waals surface area contributed by atoms with E-state index in [4.69, 9.17) is 4.74 Å². The van der Waals surface area contributed by atoms with Gasteiger partial charge in [-0.15, -0.1) is 0 Å². The minimum atomic E-state index is -0.290. The second kappa shape index (κ2) is 5.83. The Kier molecular flexibility index (Phi) is 4.40. The highest BCUT2D eigenvalue weighted by Gasteiger charge is 2.19. The summed E-state index contributed by atoms with van der Waals surface area (Å²) < 4.78 is 19.7. The van der Waals surface area contributed by atoms with Crippen molar-refractivity contribution < 1.29 is 9.13 Å². The van der Waals surface area contributed by atoms with Gasteiger partial charge in [0.1, 0.15) is 0 Å². The number of hydrogen-bond donors (Lipinski definition) is 1. The molecule has 0 aromatic heterocycles. The van der Waals surface area contributed by atoms with Crippen molar-refractivity contribution in [3.05, 3.63) is 28.0 Å². The Labute approximate surface area is 110 Å². The first kappa shape index (κ1) is 12.8. The maximum atomic E-state index is 13.6. The second-order valence-corrected chi connectivity index (χ2v) is 5.25. The summed E-state index contributed by atoms with van der Waals surface area (Å²) in [5, 5.41) is 3.47. The molecule has 1 aromatic carbocycles. The van der Waals surface area contributed by atoms with Gasteiger partial charge in [-0.2, -0.15) is 0 Å². The van der Waals surface area contributed by atoms with E-state index in [1.54, 1.807) is 6.07 Å². The molecule has 1 aromatic rings. The fourth-order valence-corrected chi connectivity index (χ4v) is 2.80. The largest absolute Gasteiger partial charge is 0.493 e. The van der Waals surface area contributed by atoms with E-state index in [-0.39, 0.29) is 5.82 Å². The summed E-state index contributed by atoms with van der Waals surface area (Å²) in [5.41, 5.74) is 0.923. The minimum absolute atomic E-state index is 0.290. The van der Waals surface area contributed by atoms with E-state index in [2.05, 4.69) is 21.2 Å². The summed E-state index contributed by atoms with van der Waals surface area (Å²) in [6.07, 6.45) is 4.43. The lowest BCUT2D eigenvalue weighted by molar-refractivity contribution is 0.365. The van der Waals surface area contributed by atoms with Gasteiger partial charge in [0.05, 0.1) is 7.11 Å². The molecule has 4 heteroatoms. The van der Waals surface area contributed by atoms with Crippen LogP contribution >= 0.6 is 15.9 Å². The number of nitrogens with one attached hydrogen (secondary N) is 1. The third-order valence-corrected chi connectivity index (χ3v) is 3.97. The zero-order chi connectivity index (χ0) is 12.3. The molecule has 1 atom stereocenters. The molecule has 0 amide bonds. The van der Waals surface area contributed by atoms with Crippen molar-refractivity contribution in [2.75, 3.05) is 13.7 Å². The summed E-state index contributed by atoms with van der Waals surface area (Å²) in [4.78, 5) is 0. The van der Waals surface area contributed by atoms with Crippen molar-refractivity contribution in [3.63, 3.8) is 0 Å². The first-order chi connectivity index (χ1) is 8.22. The van der Waals surface area contributed by atoms with Crippen molar-refractivity contribution >= 4 is 15.9 Å². The average molecular weight is 302 g/mol. The number of halogens is 2. The first-order valence-electron chi connectivity index (χ1n) is 5.96. The molecular weight excluding hydrogens is 285 g/mol. The minimum Gasteiger partial charge on any atom is -0.493 e. The van der Waals surface area contributed by atoms with Gasteiger partial charge in [-0.25, -0.2) is 4.39 Å². The summed E-state index contributed by atoms with van der Waals surface area (Å²) in [5.74, 6) is 0.0771. The third kappa shape index (κ3) is 2.99. The molecule has 1 unspecified atom stereocenters. The number of benzene rings is 1. The zero-order valence-corrected chi connectivity index (χ0v) is 11.5. The predicted molar refractivity (Wildman–Crippen MR) is 70.0 cm³/mol. The molecule has 2 rings (SSSR count). The third-order valence-electron chi connectivity index (χ3n) is 3.22. The highest BCUT2D eigenvalue weighted by Crippen LogP contribution is 2.31. The SMILES string of the molecule is COc1c(F)ccc(Br)c1CC1CCCCN1. The van der Waals surface area contributed by atoms with Gasteiger partial charge in [0.2, 0.25) is 0 Å². The van der Waals surface area contributed by atoms with Gasteiger partial charge in [0, 0.05) is 16.1 Å². The fourth-order valence-electron chi connectivity index (χ4n) is 2.33. The van der Waals surface area contributed by atoms with Crippen LogP contribution < -0.4 is 10.1 Å². The summed E-state index contributed by atoms with van der Waals surface area (Å²) >= 11 is 3.47. The van der Waals surface area contributed by atoms with Gasteiger partial charge in [-0.05, 0) is 37.9 Å². The van der Waals surface area contributed by atoms with E-state index in [1.165, 1.54) is 26.0 Å². The Morgan fingerprint density at radius 2 is 2.29 bits per heavy atom. The molecule has 1 aliphatic rings. The predicted octanol–water partition coefficient (Wildman–Crippen LogP) is 3.28. The van der Waals surface area contributed by atoms with E-state index >= 15 is 0 Å². The highest BCUT2D eigenvalue weighted by atomic mass is 79.9. The monoisotopic (exact) mass is 301 g/mol. The van der Waals surface area contributed by atoms with Crippen LogP contribution in [0.2, 0.25) is 0 Å². The lowest BCUT2D eigenvalue weighted by atomic mass is 9.97. The second-order valence-electron chi connectivity index (χ2n) is 4.39. The molecule has 0 radical (unpaired) electrons. The molecule has 2 nitrogen and oxygen atoms in total. The number of methoxy groups -OCH3 is 1. The summed E-state index contributed by atoms with van der Waals surface area (Å²) in [6.45, 7) is 1.06. The molecule has 1 fully saturated rings. The lowest BCUT2D eigenvalue weighted by Gasteiger charge is -2.24. The number of hydrogen-bond acceptors (Lipinski definition) is 2. The van der Waals surface area contributed by atoms with Gasteiger partial charge in [-0.3, -0.25) is 0 Å². The molecular formula is C13H17BrFNO. The van der Waals surface area contributed by atoms with Crippen molar-refractivity contribution in [1.82, 2.24) is 5.32 Å². The Bertz CT molecular complexity index is 391. The van der Waals surface area contributed by atoms with Crippen molar-refractivity contribution in [2.45, 2.75) is 31.7 Å².